The van der Waals surface area contributed by atoms with Gasteiger partial charge in [0.2, 0.25) is 0 Å². The smallest absolute Gasteiger partial charge is 0.335 e. The van der Waals surface area contributed by atoms with E-state index in [9.17, 15) is 4.79 Å². The van der Waals surface area contributed by atoms with Gasteiger partial charge in [-0.15, -0.1) is 0 Å². The fourth-order valence-corrected chi connectivity index (χ4v) is 2.04. The third-order valence-corrected chi connectivity index (χ3v) is 3.50. The molecular weight excluding hydrogens is 296 g/mol. The summed E-state index contributed by atoms with van der Waals surface area (Å²) in [6.45, 7) is 4.71. The molecule has 0 aliphatic carbocycles. The Bertz CT molecular complexity index is 694. The lowest BCUT2D eigenvalue weighted by atomic mass is 10.1. The number of carbonyl (C=O) groups is 1. The molecule has 0 saturated heterocycles. The number of rotatable bonds is 7. The van der Waals surface area contributed by atoms with Crippen molar-refractivity contribution in [3.8, 4) is 17.2 Å². The third kappa shape index (κ3) is 4.39. The van der Waals surface area contributed by atoms with Gasteiger partial charge in [-0.3, -0.25) is 0 Å². The van der Waals surface area contributed by atoms with Crippen molar-refractivity contribution in [1.29, 1.82) is 0 Å². The number of benzene rings is 2. The van der Waals surface area contributed by atoms with Crippen LogP contribution in [0.5, 0.6) is 17.2 Å². The van der Waals surface area contributed by atoms with Crippen molar-refractivity contribution in [1.82, 2.24) is 0 Å². The van der Waals surface area contributed by atoms with Gasteiger partial charge in [-0.25, -0.2) is 4.79 Å². The minimum absolute atomic E-state index is 0.149. The van der Waals surface area contributed by atoms with Gasteiger partial charge in [-0.05, 0) is 55.3 Å². The zero-order chi connectivity index (χ0) is 16.8. The number of methoxy groups -OCH3 is 1. The quantitative estimate of drug-likeness (QED) is 0.792. The zero-order valence-corrected chi connectivity index (χ0v) is 13.5. The highest BCUT2D eigenvalue weighted by molar-refractivity contribution is 5.88. The Kier molecular flexibility index (Phi) is 5.46. The fraction of sp³-hybridized carbons (Fsp3) is 0.278. The van der Waals surface area contributed by atoms with Crippen molar-refractivity contribution in [3.05, 3.63) is 53.1 Å². The van der Waals surface area contributed by atoms with Crippen molar-refractivity contribution < 1.29 is 24.1 Å². The molecule has 2 rings (SSSR count). The first-order chi connectivity index (χ1) is 11.0. The van der Waals surface area contributed by atoms with Crippen molar-refractivity contribution in [2.45, 2.75) is 13.8 Å². The molecule has 0 unspecified atom stereocenters. The Morgan fingerprint density at radius 2 is 1.70 bits per heavy atom. The first kappa shape index (κ1) is 16.7. The number of aromatic carboxylic acids is 1. The van der Waals surface area contributed by atoms with Crippen LogP contribution >= 0.6 is 0 Å². The van der Waals surface area contributed by atoms with E-state index in [2.05, 4.69) is 0 Å². The van der Waals surface area contributed by atoms with E-state index in [0.29, 0.717) is 18.1 Å². The van der Waals surface area contributed by atoms with Crippen molar-refractivity contribution in [3.63, 3.8) is 0 Å². The van der Waals surface area contributed by atoms with E-state index in [-0.39, 0.29) is 12.2 Å². The molecule has 0 heterocycles. The van der Waals surface area contributed by atoms with E-state index < -0.39 is 5.97 Å². The highest BCUT2D eigenvalue weighted by atomic mass is 16.5. The van der Waals surface area contributed by atoms with Gasteiger partial charge in [0.1, 0.15) is 19.0 Å². The molecule has 122 valence electrons. The Hall–Kier alpha value is -2.69. The Labute approximate surface area is 135 Å². The average molecular weight is 316 g/mol. The Balaban J connectivity index is 1.94. The lowest BCUT2D eigenvalue weighted by Gasteiger charge is -2.12. The van der Waals surface area contributed by atoms with Gasteiger partial charge in [-0.1, -0.05) is 6.07 Å². The monoisotopic (exact) mass is 316 g/mol. The van der Waals surface area contributed by atoms with Crippen LogP contribution in [0.15, 0.2) is 36.4 Å². The third-order valence-electron chi connectivity index (χ3n) is 3.50. The average Bonchev–Trinajstić information content (AvgIpc) is 2.54. The van der Waals surface area contributed by atoms with Crippen LogP contribution in [0.2, 0.25) is 0 Å². The second kappa shape index (κ2) is 7.54. The first-order valence-electron chi connectivity index (χ1n) is 7.25. The van der Waals surface area contributed by atoms with Crippen molar-refractivity contribution in [2.24, 2.45) is 0 Å². The van der Waals surface area contributed by atoms with Gasteiger partial charge in [0.25, 0.3) is 0 Å². The number of hydrogen-bond donors (Lipinski definition) is 1. The Morgan fingerprint density at radius 3 is 2.35 bits per heavy atom. The van der Waals surface area contributed by atoms with Gasteiger partial charge in [0.05, 0.1) is 12.7 Å². The lowest BCUT2D eigenvalue weighted by molar-refractivity contribution is 0.0696. The molecule has 2 aromatic carbocycles. The van der Waals surface area contributed by atoms with E-state index >= 15 is 0 Å². The molecule has 2 aromatic rings. The van der Waals surface area contributed by atoms with E-state index in [4.69, 9.17) is 19.3 Å². The van der Waals surface area contributed by atoms with Crippen LogP contribution in [0.25, 0.3) is 0 Å². The van der Waals surface area contributed by atoms with Gasteiger partial charge < -0.3 is 19.3 Å². The van der Waals surface area contributed by atoms with Crippen molar-refractivity contribution in [2.75, 3.05) is 20.3 Å². The summed E-state index contributed by atoms with van der Waals surface area (Å²) in [7, 11) is 1.51. The maximum Gasteiger partial charge on any atom is 0.335 e. The Morgan fingerprint density at radius 1 is 0.957 bits per heavy atom. The summed E-state index contributed by atoms with van der Waals surface area (Å²) in [5.74, 6) is 0.643. The molecule has 0 atom stereocenters. The number of ether oxygens (including phenoxy) is 3. The molecule has 23 heavy (non-hydrogen) atoms. The van der Waals surface area contributed by atoms with E-state index in [1.54, 1.807) is 6.07 Å². The largest absolute Gasteiger partial charge is 0.493 e. The van der Waals surface area contributed by atoms with Gasteiger partial charge in [-0.2, -0.15) is 0 Å². The molecular formula is C18H20O5. The molecule has 0 aromatic heterocycles. The van der Waals surface area contributed by atoms with E-state index in [1.807, 2.05) is 32.0 Å². The van der Waals surface area contributed by atoms with Gasteiger partial charge >= 0.3 is 5.97 Å². The number of carboxylic acids is 1. The topological polar surface area (TPSA) is 65.0 Å². The molecule has 0 radical (unpaired) electrons. The summed E-state index contributed by atoms with van der Waals surface area (Å²) in [6, 6.07) is 10.4. The number of carboxylic acid groups (broad SMARTS) is 1. The van der Waals surface area contributed by atoms with Crippen molar-refractivity contribution >= 4 is 5.97 Å². The van der Waals surface area contributed by atoms with Crippen LogP contribution in [-0.2, 0) is 0 Å². The summed E-state index contributed by atoms with van der Waals surface area (Å²) in [5.41, 5.74) is 2.53. The van der Waals surface area contributed by atoms with Crippen LogP contribution in [0.3, 0.4) is 0 Å². The molecule has 5 heteroatoms. The van der Waals surface area contributed by atoms with E-state index in [1.165, 1.54) is 30.4 Å². The standard InChI is InChI=1S/C18H20O5/c1-12-4-6-15(10-13(12)2)22-8-9-23-17-11-14(18(19)20)5-7-16(17)21-3/h4-7,10-11H,8-9H2,1-3H3,(H,19,20). The highest BCUT2D eigenvalue weighted by Gasteiger charge is 2.10. The molecule has 0 aliphatic heterocycles. The first-order valence-corrected chi connectivity index (χ1v) is 7.25. The second-order valence-corrected chi connectivity index (χ2v) is 5.11. The molecule has 0 fully saturated rings. The maximum atomic E-state index is 11.0. The fourth-order valence-electron chi connectivity index (χ4n) is 2.04. The molecule has 0 bridgehead atoms. The maximum absolute atomic E-state index is 11.0. The highest BCUT2D eigenvalue weighted by Crippen LogP contribution is 2.28. The predicted molar refractivity (Wildman–Crippen MR) is 86.9 cm³/mol. The molecule has 0 aliphatic rings. The number of hydrogen-bond acceptors (Lipinski definition) is 4. The number of aryl methyl sites for hydroxylation is 2. The molecule has 1 N–H and O–H groups in total. The van der Waals surface area contributed by atoms with E-state index in [0.717, 1.165) is 5.75 Å². The van der Waals surface area contributed by atoms with Gasteiger partial charge in [0.15, 0.2) is 11.5 Å². The summed E-state index contributed by atoms with van der Waals surface area (Å²) < 4.78 is 16.4. The summed E-state index contributed by atoms with van der Waals surface area (Å²) in [4.78, 5) is 11.0. The molecule has 0 saturated carbocycles. The van der Waals surface area contributed by atoms with Crippen LogP contribution < -0.4 is 14.2 Å². The molecule has 0 spiro atoms. The second-order valence-electron chi connectivity index (χ2n) is 5.11. The lowest BCUT2D eigenvalue weighted by Crippen LogP contribution is -2.10. The summed E-state index contributed by atoms with van der Waals surface area (Å²) in [5, 5.41) is 9.02. The summed E-state index contributed by atoms with van der Waals surface area (Å²) >= 11 is 0. The van der Waals surface area contributed by atoms with Crippen LogP contribution in [-0.4, -0.2) is 31.4 Å². The SMILES string of the molecule is COc1ccc(C(=O)O)cc1OCCOc1ccc(C)c(C)c1. The van der Waals surface area contributed by atoms with Crippen LogP contribution in [0.1, 0.15) is 21.5 Å². The minimum Gasteiger partial charge on any atom is -0.493 e. The normalized spacial score (nSPS) is 10.2. The van der Waals surface area contributed by atoms with Gasteiger partial charge in [0, 0.05) is 0 Å². The van der Waals surface area contributed by atoms with Crippen LogP contribution in [0.4, 0.5) is 0 Å². The molecule has 0 amide bonds. The summed E-state index contributed by atoms with van der Waals surface area (Å²) in [6.07, 6.45) is 0. The minimum atomic E-state index is -1.01. The predicted octanol–water partition coefficient (Wildman–Crippen LogP) is 3.47. The van der Waals surface area contributed by atoms with Crippen LogP contribution in [0, 0.1) is 13.8 Å². The zero-order valence-electron chi connectivity index (χ0n) is 13.5. The molecule has 5 nitrogen and oxygen atoms in total.